The molecule has 0 spiro atoms. The van der Waals surface area contributed by atoms with Gasteiger partial charge in [0, 0.05) is 0 Å². The Morgan fingerprint density at radius 2 is 1.73 bits per heavy atom. The molecule has 0 amide bonds. The van der Waals surface area contributed by atoms with Gasteiger partial charge in [0.15, 0.2) is 0 Å². The van der Waals surface area contributed by atoms with E-state index in [1.807, 2.05) is 25.1 Å². The molecular formula is C11H18O3S. The van der Waals surface area contributed by atoms with Crippen LogP contribution in [0.4, 0.5) is 0 Å². The maximum Gasteiger partial charge on any atom is 0.264 e. The van der Waals surface area contributed by atoms with Gasteiger partial charge in [-0.1, -0.05) is 49.2 Å². The van der Waals surface area contributed by atoms with E-state index in [2.05, 4.69) is 19.1 Å². The quantitative estimate of drug-likeness (QED) is 0.812. The second-order valence-corrected chi connectivity index (χ2v) is 4.87. The average Bonchev–Trinajstić information content (AvgIpc) is 2.16. The number of aryl methyl sites for hydroxylation is 1. The van der Waals surface area contributed by atoms with Gasteiger partial charge in [0.1, 0.15) is 0 Å². The Hall–Kier alpha value is -0.870. The molecule has 0 aliphatic carbocycles. The molecule has 0 aliphatic heterocycles. The molecule has 1 rings (SSSR count). The van der Waals surface area contributed by atoms with E-state index in [0.717, 1.165) is 6.42 Å². The summed E-state index contributed by atoms with van der Waals surface area (Å²) in [5, 5.41) is 0. The highest BCUT2D eigenvalue weighted by Gasteiger charge is 2.00. The Balaban J connectivity index is 0.000000262. The van der Waals surface area contributed by atoms with Crippen molar-refractivity contribution in [1.82, 2.24) is 0 Å². The molecule has 0 fully saturated rings. The first-order valence-electron chi connectivity index (χ1n) is 4.92. The van der Waals surface area contributed by atoms with Gasteiger partial charge in [-0.25, -0.2) is 0 Å². The molecule has 0 saturated heterocycles. The van der Waals surface area contributed by atoms with Crippen molar-refractivity contribution in [2.45, 2.75) is 26.7 Å². The summed E-state index contributed by atoms with van der Waals surface area (Å²) < 4.78 is 28.0. The Morgan fingerprint density at radius 3 is 1.93 bits per heavy atom. The third kappa shape index (κ3) is 11.1. The molecule has 0 atom stereocenters. The van der Waals surface area contributed by atoms with Crippen LogP contribution in [0.15, 0.2) is 30.3 Å². The van der Waals surface area contributed by atoms with Crippen LogP contribution in [0.2, 0.25) is 0 Å². The average molecular weight is 230 g/mol. The van der Waals surface area contributed by atoms with Crippen molar-refractivity contribution in [2.75, 3.05) is 5.75 Å². The highest BCUT2D eigenvalue weighted by molar-refractivity contribution is 7.85. The van der Waals surface area contributed by atoms with Crippen LogP contribution in [-0.2, 0) is 10.1 Å². The lowest BCUT2D eigenvalue weighted by Gasteiger charge is -1.90. The van der Waals surface area contributed by atoms with Gasteiger partial charge >= 0.3 is 0 Å². The van der Waals surface area contributed by atoms with E-state index in [0.29, 0.717) is 6.42 Å². The fourth-order valence-electron chi connectivity index (χ4n) is 0.861. The van der Waals surface area contributed by atoms with Gasteiger partial charge < -0.3 is 0 Å². The normalized spacial score (nSPS) is 10.3. The Bertz CT molecular complexity index is 343. The summed E-state index contributed by atoms with van der Waals surface area (Å²) in [5.74, 6) is -0.108. The van der Waals surface area contributed by atoms with E-state index in [1.165, 1.54) is 5.56 Å². The lowest BCUT2D eigenvalue weighted by Crippen LogP contribution is -2.02. The summed E-state index contributed by atoms with van der Waals surface area (Å²) in [6.07, 6.45) is 1.33. The maximum atomic E-state index is 9.95. The maximum absolute atomic E-state index is 9.95. The van der Waals surface area contributed by atoms with Crippen molar-refractivity contribution < 1.29 is 13.0 Å². The van der Waals surface area contributed by atoms with Crippen LogP contribution < -0.4 is 0 Å². The van der Waals surface area contributed by atoms with Crippen LogP contribution in [-0.4, -0.2) is 18.7 Å². The van der Waals surface area contributed by atoms with E-state index in [-0.39, 0.29) is 5.75 Å². The molecule has 0 unspecified atom stereocenters. The van der Waals surface area contributed by atoms with Gasteiger partial charge in [-0.15, -0.1) is 0 Å². The molecule has 0 aliphatic rings. The molecule has 1 aromatic rings. The third-order valence-electron chi connectivity index (χ3n) is 1.70. The summed E-state index contributed by atoms with van der Waals surface area (Å²) in [7, 11) is -3.69. The Labute approximate surface area is 91.9 Å². The van der Waals surface area contributed by atoms with E-state index in [1.54, 1.807) is 0 Å². The van der Waals surface area contributed by atoms with Crippen molar-refractivity contribution >= 4 is 10.1 Å². The van der Waals surface area contributed by atoms with Crippen LogP contribution >= 0.6 is 0 Å². The minimum atomic E-state index is -3.69. The Kier molecular flexibility index (Phi) is 6.99. The molecule has 3 nitrogen and oxygen atoms in total. The predicted octanol–water partition coefficient (Wildman–Crippen LogP) is 2.67. The summed E-state index contributed by atoms with van der Waals surface area (Å²) in [6.45, 7) is 3.95. The number of unbranched alkanes of at least 4 members (excludes halogenated alkanes) is 1. The second kappa shape index (κ2) is 7.43. The lowest BCUT2D eigenvalue weighted by molar-refractivity contribution is 0.480. The van der Waals surface area contributed by atoms with Gasteiger partial charge in [0.25, 0.3) is 10.1 Å². The largest absolute Gasteiger partial charge is 0.286 e. The van der Waals surface area contributed by atoms with E-state index >= 15 is 0 Å². The molecule has 1 aromatic carbocycles. The van der Waals surface area contributed by atoms with Gasteiger partial charge in [-0.2, -0.15) is 8.42 Å². The SMILES string of the molecule is CCCCS(=O)(=O)O.Cc1ccccc1. The molecule has 0 radical (unpaired) electrons. The standard InChI is InChI=1S/C7H8.C4H10O3S/c1-7-5-3-2-4-6-7;1-2-3-4-8(5,6)7/h2-6H,1H3;2-4H2,1H3,(H,5,6,7). The van der Waals surface area contributed by atoms with Gasteiger partial charge in [0.2, 0.25) is 0 Å². The lowest BCUT2D eigenvalue weighted by atomic mass is 10.2. The second-order valence-electron chi connectivity index (χ2n) is 3.29. The van der Waals surface area contributed by atoms with Crippen LogP contribution in [0.1, 0.15) is 25.3 Å². The highest BCUT2D eigenvalue weighted by atomic mass is 32.2. The molecule has 15 heavy (non-hydrogen) atoms. The van der Waals surface area contributed by atoms with Crippen LogP contribution in [0.5, 0.6) is 0 Å². The van der Waals surface area contributed by atoms with Crippen LogP contribution in [0.3, 0.4) is 0 Å². The smallest absolute Gasteiger partial charge is 0.264 e. The van der Waals surface area contributed by atoms with Crippen molar-refractivity contribution in [1.29, 1.82) is 0 Å². The summed E-state index contributed by atoms with van der Waals surface area (Å²) in [6, 6.07) is 10.3. The molecule has 1 N–H and O–H groups in total. The molecular weight excluding hydrogens is 212 g/mol. The van der Waals surface area contributed by atoms with E-state index in [9.17, 15) is 8.42 Å². The zero-order valence-electron chi connectivity index (χ0n) is 9.18. The number of benzene rings is 1. The molecule has 0 aromatic heterocycles. The first kappa shape index (κ1) is 14.1. The predicted molar refractivity (Wildman–Crippen MR) is 62.5 cm³/mol. The van der Waals surface area contributed by atoms with Crippen molar-refractivity contribution in [3.05, 3.63) is 35.9 Å². The highest BCUT2D eigenvalue weighted by Crippen LogP contribution is 1.92. The minimum absolute atomic E-state index is 0.108. The Morgan fingerprint density at radius 1 is 1.20 bits per heavy atom. The van der Waals surface area contributed by atoms with Crippen molar-refractivity contribution in [3.8, 4) is 0 Å². The number of hydrogen-bond acceptors (Lipinski definition) is 2. The number of hydrogen-bond donors (Lipinski definition) is 1. The van der Waals surface area contributed by atoms with Gasteiger partial charge in [-0.3, -0.25) is 4.55 Å². The fraction of sp³-hybridized carbons (Fsp3) is 0.455. The topological polar surface area (TPSA) is 54.4 Å². The number of rotatable bonds is 3. The van der Waals surface area contributed by atoms with Crippen molar-refractivity contribution in [3.63, 3.8) is 0 Å². The molecule has 0 bridgehead atoms. The van der Waals surface area contributed by atoms with E-state index in [4.69, 9.17) is 4.55 Å². The van der Waals surface area contributed by atoms with E-state index < -0.39 is 10.1 Å². The molecule has 0 saturated carbocycles. The van der Waals surface area contributed by atoms with Gasteiger partial charge in [-0.05, 0) is 13.3 Å². The first-order chi connectivity index (χ1) is 6.95. The first-order valence-corrected chi connectivity index (χ1v) is 6.53. The monoisotopic (exact) mass is 230 g/mol. The fourth-order valence-corrected chi connectivity index (χ4v) is 1.51. The summed E-state index contributed by atoms with van der Waals surface area (Å²) in [4.78, 5) is 0. The summed E-state index contributed by atoms with van der Waals surface area (Å²) >= 11 is 0. The third-order valence-corrected chi connectivity index (χ3v) is 2.50. The van der Waals surface area contributed by atoms with Gasteiger partial charge in [0.05, 0.1) is 5.75 Å². The zero-order chi connectivity index (χ0) is 11.7. The molecule has 0 heterocycles. The van der Waals surface area contributed by atoms with Crippen LogP contribution in [0.25, 0.3) is 0 Å². The zero-order valence-corrected chi connectivity index (χ0v) is 10.00. The molecule has 4 heteroatoms. The minimum Gasteiger partial charge on any atom is -0.286 e. The molecule has 86 valence electrons. The summed E-state index contributed by atoms with van der Waals surface area (Å²) in [5.41, 5.74) is 1.32. The van der Waals surface area contributed by atoms with Crippen LogP contribution in [0, 0.1) is 6.92 Å². The van der Waals surface area contributed by atoms with Crippen molar-refractivity contribution in [2.24, 2.45) is 0 Å².